The number of ether oxygens (including phenoxy) is 1. The number of carbonyl (C=O) groups is 1. The minimum atomic E-state index is -2.87. The molecular weight excluding hydrogens is 524 g/mol. The Kier molecular flexibility index (Phi) is 6.57. The molecule has 0 radical (unpaired) electrons. The summed E-state index contributed by atoms with van der Waals surface area (Å²) >= 11 is 1.84. The Morgan fingerprint density at radius 1 is 1.05 bits per heavy atom. The highest BCUT2D eigenvalue weighted by molar-refractivity contribution is 7.98. The van der Waals surface area contributed by atoms with Gasteiger partial charge in [0, 0.05) is 35.3 Å². The fraction of sp³-hybridized carbons (Fsp3) is 0.448. The van der Waals surface area contributed by atoms with Crippen LogP contribution in [0.3, 0.4) is 0 Å². The van der Waals surface area contributed by atoms with Gasteiger partial charge in [-0.1, -0.05) is 24.3 Å². The number of alkyl halides is 2. The molecule has 0 spiro atoms. The molecule has 2 fully saturated rings. The zero-order chi connectivity index (χ0) is 27.3. The number of aliphatic hydroxyl groups excluding tert-OH is 1. The first kappa shape index (κ1) is 26.1. The lowest BCUT2D eigenvalue weighted by atomic mass is 9.78. The normalized spacial score (nSPS) is 21.6. The van der Waals surface area contributed by atoms with E-state index in [1.54, 1.807) is 6.07 Å². The molecule has 0 saturated heterocycles. The standard InChI is InChI=1S/C29H29F2N3O4S/c30-29(31)9-7-28(8-10-29,26(36)34-27(17-32)5-6-27)33-25(35)24-15-20-3-1-19(14-23(20)38-24)18-2-4-21-16-39-12-11-37-22(21)13-18/h1-4,13-15,26,34,36H,5-12,16H2,(H,33,35). The van der Waals surface area contributed by atoms with Gasteiger partial charge >= 0.3 is 0 Å². The third kappa shape index (κ3) is 5.23. The third-order valence-electron chi connectivity index (χ3n) is 8.02. The molecule has 6 rings (SSSR count). The van der Waals surface area contributed by atoms with Crippen LogP contribution in [0.15, 0.2) is 46.9 Å². The average Bonchev–Trinajstić information content (AvgIpc) is 3.63. The highest BCUT2D eigenvalue weighted by atomic mass is 32.2. The quantitative estimate of drug-likeness (QED) is 0.353. The van der Waals surface area contributed by atoms with Crippen LogP contribution in [0.5, 0.6) is 5.75 Å². The summed E-state index contributed by atoms with van der Waals surface area (Å²) in [5, 5.41) is 26.9. The molecule has 3 N–H and O–H groups in total. The van der Waals surface area contributed by atoms with Crippen LogP contribution < -0.4 is 15.4 Å². The average molecular weight is 554 g/mol. The Bertz CT molecular complexity index is 1450. The highest BCUT2D eigenvalue weighted by Crippen LogP contribution is 2.42. The maximum atomic E-state index is 14.0. The topological polar surface area (TPSA) is 108 Å². The Balaban J connectivity index is 1.24. The van der Waals surface area contributed by atoms with Crippen molar-refractivity contribution in [3.63, 3.8) is 0 Å². The van der Waals surface area contributed by atoms with Crippen LogP contribution in [0.4, 0.5) is 8.78 Å². The number of benzene rings is 2. The van der Waals surface area contributed by atoms with E-state index >= 15 is 0 Å². The maximum absolute atomic E-state index is 14.0. The molecule has 3 aromatic rings. The van der Waals surface area contributed by atoms with E-state index in [4.69, 9.17) is 9.15 Å². The molecule has 39 heavy (non-hydrogen) atoms. The van der Waals surface area contributed by atoms with Gasteiger partial charge in [0.15, 0.2) is 5.76 Å². The van der Waals surface area contributed by atoms with E-state index in [1.165, 1.54) is 0 Å². The molecule has 1 aliphatic heterocycles. The van der Waals surface area contributed by atoms with Gasteiger partial charge in [0.2, 0.25) is 5.92 Å². The van der Waals surface area contributed by atoms with E-state index in [2.05, 4.69) is 22.8 Å². The fourth-order valence-corrected chi connectivity index (χ4v) is 6.14. The van der Waals surface area contributed by atoms with Crippen LogP contribution in [-0.4, -0.2) is 46.6 Å². The Morgan fingerprint density at radius 3 is 2.54 bits per heavy atom. The third-order valence-corrected chi connectivity index (χ3v) is 8.99. The number of hydrogen-bond acceptors (Lipinski definition) is 7. The second kappa shape index (κ2) is 9.81. The first-order valence-electron chi connectivity index (χ1n) is 13.1. The number of aliphatic hydroxyl groups is 1. The molecule has 2 aliphatic carbocycles. The zero-order valence-corrected chi connectivity index (χ0v) is 22.1. The second-order valence-corrected chi connectivity index (χ2v) is 11.9. The predicted octanol–water partition coefficient (Wildman–Crippen LogP) is 5.37. The summed E-state index contributed by atoms with van der Waals surface area (Å²) in [5.74, 6) is -0.714. The van der Waals surface area contributed by atoms with E-state index in [0.29, 0.717) is 25.0 Å². The van der Waals surface area contributed by atoms with Gasteiger partial charge < -0.3 is 19.6 Å². The number of hydrogen-bond donors (Lipinski definition) is 3. The Morgan fingerprint density at radius 2 is 1.79 bits per heavy atom. The SMILES string of the molecule is N#CC1(NC(O)C2(NC(=O)c3cc4ccc(-c5ccc6c(c5)OCCSC6)cc4o3)CCC(F)(F)CC2)CC1. The van der Waals surface area contributed by atoms with E-state index in [1.807, 2.05) is 42.1 Å². The van der Waals surface area contributed by atoms with Crippen LogP contribution in [-0.2, 0) is 5.75 Å². The molecule has 2 heterocycles. The van der Waals surface area contributed by atoms with Gasteiger partial charge in [0.25, 0.3) is 5.91 Å². The summed E-state index contributed by atoms with van der Waals surface area (Å²) in [6, 6.07) is 15.5. The van der Waals surface area contributed by atoms with Crippen LogP contribution in [0.2, 0.25) is 0 Å². The predicted molar refractivity (Wildman–Crippen MR) is 144 cm³/mol. The molecule has 0 bridgehead atoms. The summed E-state index contributed by atoms with van der Waals surface area (Å²) in [6.07, 6.45) is -1.46. The van der Waals surface area contributed by atoms with Crippen molar-refractivity contribution in [2.75, 3.05) is 12.4 Å². The minimum Gasteiger partial charge on any atom is -0.492 e. The maximum Gasteiger partial charge on any atom is 0.287 e. The van der Waals surface area contributed by atoms with Crippen molar-refractivity contribution < 1.29 is 27.8 Å². The monoisotopic (exact) mass is 553 g/mol. The second-order valence-electron chi connectivity index (χ2n) is 10.8. The molecule has 1 amide bonds. The van der Waals surface area contributed by atoms with E-state index in [9.17, 15) is 23.9 Å². The first-order valence-corrected chi connectivity index (χ1v) is 14.3. The lowest BCUT2D eigenvalue weighted by Gasteiger charge is -2.44. The summed E-state index contributed by atoms with van der Waals surface area (Å²) in [4.78, 5) is 13.3. The van der Waals surface area contributed by atoms with Crippen LogP contribution in [0.1, 0.15) is 54.6 Å². The van der Waals surface area contributed by atoms with Crippen molar-refractivity contribution in [2.24, 2.45) is 0 Å². The van der Waals surface area contributed by atoms with Crippen LogP contribution >= 0.6 is 11.8 Å². The van der Waals surface area contributed by atoms with Gasteiger partial charge in [-0.2, -0.15) is 17.0 Å². The Hall–Kier alpha value is -3.13. The highest BCUT2D eigenvalue weighted by Gasteiger charge is 2.53. The minimum absolute atomic E-state index is 0.0229. The summed E-state index contributed by atoms with van der Waals surface area (Å²) < 4.78 is 39.9. The number of fused-ring (bicyclic) bond motifs is 2. The van der Waals surface area contributed by atoms with Crippen molar-refractivity contribution in [3.8, 4) is 22.9 Å². The van der Waals surface area contributed by atoms with Gasteiger partial charge in [0.05, 0.1) is 18.2 Å². The molecule has 2 aromatic carbocycles. The number of nitriles is 1. The molecule has 1 unspecified atom stereocenters. The molecule has 1 atom stereocenters. The van der Waals surface area contributed by atoms with Gasteiger partial charge in [0.1, 0.15) is 23.1 Å². The number of nitrogens with one attached hydrogen (secondary N) is 2. The van der Waals surface area contributed by atoms with Crippen molar-refractivity contribution in [1.29, 1.82) is 5.26 Å². The molecule has 3 aliphatic rings. The Labute approximate surface area is 228 Å². The van der Waals surface area contributed by atoms with Crippen LogP contribution in [0, 0.1) is 11.3 Å². The zero-order valence-electron chi connectivity index (χ0n) is 21.3. The molecule has 10 heteroatoms. The molecule has 7 nitrogen and oxygen atoms in total. The van der Waals surface area contributed by atoms with E-state index in [-0.39, 0.29) is 18.6 Å². The van der Waals surface area contributed by atoms with Gasteiger partial charge in [-0.15, -0.1) is 0 Å². The number of furan rings is 1. The largest absolute Gasteiger partial charge is 0.492 e. The van der Waals surface area contributed by atoms with Gasteiger partial charge in [-0.3, -0.25) is 10.1 Å². The summed E-state index contributed by atoms with van der Waals surface area (Å²) in [5.41, 5.74) is 1.31. The van der Waals surface area contributed by atoms with E-state index < -0.39 is 42.0 Å². The van der Waals surface area contributed by atoms with Crippen molar-refractivity contribution >= 4 is 28.6 Å². The molecule has 2 saturated carbocycles. The van der Waals surface area contributed by atoms with E-state index in [0.717, 1.165) is 39.3 Å². The number of thioether (sulfide) groups is 1. The number of amides is 1. The van der Waals surface area contributed by atoms with Gasteiger partial charge in [-0.25, -0.2) is 8.78 Å². The van der Waals surface area contributed by atoms with Crippen molar-refractivity contribution in [2.45, 2.75) is 67.5 Å². The molecule has 1 aromatic heterocycles. The summed E-state index contributed by atoms with van der Waals surface area (Å²) in [6.45, 7) is 0.664. The lowest BCUT2D eigenvalue weighted by molar-refractivity contribution is -0.0848. The molecule has 204 valence electrons. The fourth-order valence-electron chi connectivity index (χ4n) is 5.33. The number of carbonyl (C=O) groups excluding carboxylic acids is 1. The molecular formula is C29H29F2N3O4S. The van der Waals surface area contributed by atoms with Gasteiger partial charge in [-0.05, 0) is 55.0 Å². The number of halogens is 2. The van der Waals surface area contributed by atoms with Crippen LogP contribution in [0.25, 0.3) is 22.1 Å². The summed E-state index contributed by atoms with van der Waals surface area (Å²) in [7, 11) is 0. The number of nitrogens with zero attached hydrogens (tertiary/aromatic N) is 1. The van der Waals surface area contributed by atoms with Crippen molar-refractivity contribution in [3.05, 3.63) is 53.8 Å². The number of rotatable bonds is 6. The first-order chi connectivity index (χ1) is 18.7. The smallest absolute Gasteiger partial charge is 0.287 e. The lowest BCUT2D eigenvalue weighted by Crippen LogP contribution is -2.65. The van der Waals surface area contributed by atoms with Crippen molar-refractivity contribution in [1.82, 2.24) is 10.6 Å².